The predicted molar refractivity (Wildman–Crippen MR) is 152 cm³/mol. The minimum absolute atomic E-state index is 0.0475. The topological polar surface area (TPSA) is 35.5 Å². The lowest BCUT2D eigenvalue weighted by molar-refractivity contribution is -0.161. The van der Waals surface area contributed by atoms with Crippen LogP contribution in [0, 0.1) is 52.3 Å². The molecule has 4 fully saturated rings. The second-order valence-corrected chi connectivity index (χ2v) is 20.6. The summed E-state index contributed by atoms with van der Waals surface area (Å²) < 4.78 is 12.4. The first-order valence-corrected chi connectivity index (χ1v) is 18.3. The average molecular weight is 519 g/mol. The third kappa shape index (κ3) is 4.89. The highest BCUT2D eigenvalue weighted by atomic mass is 28.4. The van der Waals surface area contributed by atoms with Crippen molar-refractivity contribution in [2.24, 2.45) is 52.3 Å². The molecular formula is C32H58O3Si. The molecule has 0 radical (unpaired) electrons. The van der Waals surface area contributed by atoms with Gasteiger partial charge in [-0.15, -0.1) is 0 Å². The van der Waals surface area contributed by atoms with Gasteiger partial charge in [0.25, 0.3) is 0 Å². The molecule has 0 aromatic rings. The summed E-state index contributed by atoms with van der Waals surface area (Å²) in [7, 11) is -0.313. The monoisotopic (exact) mass is 518 g/mol. The van der Waals surface area contributed by atoms with Gasteiger partial charge in [0.05, 0.1) is 7.11 Å². The molecule has 0 spiro atoms. The van der Waals surface area contributed by atoms with E-state index in [0.29, 0.717) is 29.3 Å². The van der Waals surface area contributed by atoms with Crippen molar-refractivity contribution in [3.05, 3.63) is 0 Å². The zero-order valence-corrected chi connectivity index (χ0v) is 26.4. The number of fused-ring (bicyclic) bond motifs is 5. The number of methoxy groups -OCH3 is 1. The highest BCUT2D eigenvalue weighted by molar-refractivity contribution is 6.74. The van der Waals surface area contributed by atoms with Gasteiger partial charge in [0.15, 0.2) is 8.32 Å². The number of hydrogen-bond donors (Lipinski definition) is 0. The smallest absolute Gasteiger partial charge is 0.305 e. The Morgan fingerprint density at radius 2 is 1.61 bits per heavy atom. The van der Waals surface area contributed by atoms with Crippen molar-refractivity contribution in [1.29, 1.82) is 0 Å². The Kier molecular flexibility index (Phi) is 7.95. The summed E-state index contributed by atoms with van der Waals surface area (Å²) in [5, 5.41) is 0.259. The van der Waals surface area contributed by atoms with Gasteiger partial charge in [-0.1, -0.05) is 54.9 Å². The first kappa shape index (κ1) is 28.6. The number of carbonyl (C=O) groups is 1. The van der Waals surface area contributed by atoms with Crippen LogP contribution in [0.25, 0.3) is 0 Å². The van der Waals surface area contributed by atoms with Gasteiger partial charge < -0.3 is 9.16 Å². The second kappa shape index (κ2) is 9.99. The van der Waals surface area contributed by atoms with Gasteiger partial charge in [-0.05, 0) is 122 Å². The van der Waals surface area contributed by atoms with Crippen LogP contribution < -0.4 is 0 Å². The summed E-state index contributed by atoms with van der Waals surface area (Å²) in [6.07, 6.45) is 13.0. The molecule has 4 rings (SSSR count). The molecule has 0 heterocycles. The van der Waals surface area contributed by atoms with Crippen LogP contribution in [0.1, 0.15) is 113 Å². The number of ether oxygens (including phenoxy) is 1. The minimum atomic E-state index is -1.83. The molecule has 0 saturated heterocycles. The van der Waals surface area contributed by atoms with E-state index in [9.17, 15) is 4.79 Å². The van der Waals surface area contributed by atoms with Gasteiger partial charge in [-0.3, -0.25) is 4.79 Å². The lowest BCUT2D eigenvalue weighted by atomic mass is 9.43. The van der Waals surface area contributed by atoms with Crippen molar-refractivity contribution in [2.75, 3.05) is 7.11 Å². The van der Waals surface area contributed by atoms with Crippen molar-refractivity contribution in [3.63, 3.8) is 0 Å². The van der Waals surface area contributed by atoms with Gasteiger partial charge in [0.2, 0.25) is 0 Å². The molecule has 4 heteroatoms. The fraction of sp³-hybridized carbons (Fsp3) is 0.969. The molecule has 36 heavy (non-hydrogen) atoms. The Labute approximate surface area is 224 Å². The maximum absolute atomic E-state index is 11.9. The van der Waals surface area contributed by atoms with Crippen molar-refractivity contribution < 1.29 is 14.0 Å². The summed E-state index contributed by atoms with van der Waals surface area (Å²) in [5.74, 6) is 5.37. The average Bonchev–Trinajstić information content (AvgIpc) is 3.14. The zero-order chi connectivity index (χ0) is 26.7. The molecule has 4 saturated carbocycles. The lowest BCUT2D eigenvalue weighted by Crippen LogP contribution is -2.60. The molecule has 0 bridgehead atoms. The summed E-state index contributed by atoms with van der Waals surface area (Å²) in [5.41, 5.74) is 0.863. The zero-order valence-electron chi connectivity index (χ0n) is 25.4. The highest BCUT2D eigenvalue weighted by Crippen LogP contribution is 2.69. The molecular weight excluding hydrogens is 460 g/mol. The van der Waals surface area contributed by atoms with E-state index in [0.717, 1.165) is 41.9 Å². The predicted octanol–water partition coefficient (Wildman–Crippen LogP) is 8.87. The van der Waals surface area contributed by atoms with Crippen LogP contribution in [-0.4, -0.2) is 27.5 Å². The number of carbonyl (C=O) groups excluding carboxylic acids is 1. The maximum atomic E-state index is 11.9. The summed E-state index contributed by atoms with van der Waals surface area (Å²) >= 11 is 0. The van der Waals surface area contributed by atoms with Crippen LogP contribution in [0.2, 0.25) is 18.1 Å². The molecule has 0 amide bonds. The van der Waals surface area contributed by atoms with E-state index in [1.54, 1.807) is 0 Å². The third-order valence-corrected chi connectivity index (χ3v) is 17.5. The number of rotatable bonds is 6. The van der Waals surface area contributed by atoms with Crippen molar-refractivity contribution in [2.45, 2.75) is 137 Å². The molecule has 5 unspecified atom stereocenters. The molecule has 208 valence electrons. The van der Waals surface area contributed by atoms with E-state index in [1.807, 2.05) is 0 Å². The van der Waals surface area contributed by atoms with E-state index in [-0.39, 0.29) is 11.0 Å². The molecule has 10 atom stereocenters. The Morgan fingerprint density at radius 1 is 0.972 bits per heavy atom. The molecule has 4 aliphatic carbocycles. The van der Waals surface area contributed by atoms with Crippen LogP contribution in [0.5, 0.6) is 0 Å². The van der Waals surface area contributed by atoms with E-state index in [4.69, 9.17) is 9.16 Å². The Morgan fingerprint density at radius 3 is 2.25 bits per heavy atom. The van der Waals surface area contributed by atoms with Crippen LogP contribution in [-0.2, 0) is 14.0 Å². The first-order chi connectivity index (χ1) is 16.6. The summed E-state index contributed by atoms with van der Waals surface area (Å²) in [6, 6.07) is 0. The SMILES string of the molecule is COC(=O)CCC(C)C1CCC2C3C[C@H](O[Si](C)(C)C(C)(C)C)[C@@H]4C[C@H](C)CC[C@]4(C)C3CC[C@]12C. The quantitative estimate of drug-likeness (QED) is 0.260. The van der Waals surface area contributed by atoms with E-state index < -0.39 is 8.32 Å². The Hall–Kier alpha value is -0.353. The second-order valence-electron chi connectivity index (χ2n) is 15.8. The van der Waals surface area contributed by atoms with Crippen LogP contribution in [0.4, 0.5) is 0 Å². The van der Waals surface area contributed by atoms with Gasteiger partial charge >= 0.3 is 5.97 Å². The van der Waals surface area contributed by atoms with Crippen molar-refractivity contribution in [1.82, 2.24) is 0 Å². The van der Waals surface area contributed by atoms with E-state index >= 15 is 0 Å². The molecule has 0 aromatic heterocycles. The lowest BCUT2D eigenvalue weighted by Gasteiger charge is -2.64. The third-order valence-electron chi connectivity index (χ3n) is 13.0. The molecule has 4 aliphatic rings. The van der Waals surface area contributed by atoms with Crippen molar-refractivity contribution >= 4 is 14.3 Å². The highest BCUT2D eigenvalue weighted by Gasteiger charge is 2.63. The molecule has 3 nitrogen and oxygen atoms in total. The standard InChI is InChI=1S/C32H58O3Si/c1-21-15-17-32(7)26-16-18-31(6)24(22(2)11-14-29(33)34-8)12-13-25(31)23(26)20-28(27(32)19-21)35-36(9,10)30(3,4)5/h21-28H,11-20H2,1-10H3/t21-,22?,23?,24?,25?,26?,27+,28+,31-,32-/m1/s1. The number of hydrogen-bond acceptors (Lipinski definition) is 3. The van der Waals surface area contributed by atoms with Crippen LogP contribution in [0.3, 0.4) is 0 Å². The fourth-order valence-corrected chi connectivity index (χ4v) is 11.1. The van der Waals surface area contributed by atoms with Gasteiger partial charge in [0.1, 0.15) is 0 Å². The van der Waals surface area contributed by atoms with Gasteiger partial charge in [0, 0.05) is 12.5 Å². The van der Waals surface area contributed by atoms with Gasteiger partial charge in [-0.25, -0.2) is 0 Å². The molecule has 0 aromatic carbocycles. The van der Waals surface area contributed by atoms with E-state index in [1.165, 1.54) is 58.5 Å². The normalized spacial score (nSPS) is 43.8. The Balaban J connectivity index is 1.60. The summed E-state index contributed by atoms with van der Waals surface area (Å²) in [4.78, 5) is 11.9. The Bertz CT molecular complexity index is 802. The van der Waals surface area contributed by atoms with Gasteiger partial charge in [-0.2, -0.15) is 0 Å². The molecule has 0 N–H and O–H groups in total. The maximum Gasteiger partial charge on any atom is 0.305 e. The fourth-order valence-electron chi connectivity index (χ4n) is 9.78. The number of esters is 1. The van der Waals surface area contributed by atoms with E-state index in [2.05, 4.69) is 61.6 Å². The minimum Gasteiger partial charge on any atom is -0.469 e. The van der Waals surface area contributed by atoms with Crippen molar-refractivity contribution in [3.8, 4) is 0 Å². The van der Waals surface area contributed by atoms with Crippen LogP contribution in [0.15, 0.2) is 0 Å². The largest absolute Gasteiger partial charge is 0.469 e. The first-order valence-electron chi connectivity index (χ1n) is 15.4. The van der Waals surface area contributed by atoms with Crippen LogP contribution >= 0.6 is 0 Å². The molecule has 0 aliphatic heterocycles. The summed E-state index contributed by atoms with van der Waals surface area (Å²) in [6.45, 7) is 22.4.